The number of nitrogens with zero attached hydrogens (tertiary/aromatic N) is 1. The van der Waals surface area contributed by atoms with Crippen LogP contribution in [0.3, 0.4) is 0 Å². The van der Waals surface area contributed by atoms with Crippen molar-refractivity contribution in [2.75, 3.05) is 18.0 Å². The molecule has 4 aromatic rings. The first kappa shape index (κ1) is 31.0. The van der Waals surface area contributed by atoms with Crippen molar-refractivity contribution in [1.82, 2.24) is 5.32 Å². The quantitative estimate of drug-likeness (QED) is 0.169. The van der Waals surface area contributed by atoms with E-state index < -0.39 is 11.5 Å². The third-order valence-corrected chi connectivity index (χ3v) is 8.73. The largest absolute Gasteiger partial charge is 0.481 e. The molecule has 0 radical (unpaired) electrons. The molecule has 1 fully saturated rings. The Morgan fingerprint density at radius 1 is 0.932 bits per heavy atom. The molecule has 3 aromatic carbocycles. The summed E-state index contributed by atoms with van der Waals surface area (Å²) in [6, 6.07) is 17.1. The van der Waals surface area contributed by atoms with Crippen molar-refractivity contribution in [3.8, 4) is 22.5 Å². The summed E-state index contributed by atoms with van der Waals surface area (Å²) in [5.41, 5.74) is 3.81. The van der Waals surface area contributed by atoms with Gasteiger partial charge in [0.25, 0.3) is 5.91 Å². The average Bonchev–Trinajstić information content (AvgIpc) is 3.39. The zero-order valence-electron chi connectivity index (χ0n) is 25.5. The summed E-state index contributed by atoms with van der Waals surface area (Å²) in [5.74, 6) is -1.28. The molecule has 1 aliphatic rings. The molecule has 1 heterocycles. The van der Waals surface area contributed by atoms with Crippen LogP contribution in [0.4, 0.5) is 10.1 Å². The lowest BCUT2D eigenvalue weighted by Gasteiger charge is -2.37. The van der Waals surface area contributed by atoms with Gasteiger partial charge in [-0.3, -0.25) is 14.4 Å². The number of rotatable bonds is 11. The molecule has 0 bridgehead atoms. The van der Waals surface area contributed by atoms with E-state index in [0.29, 0.717) is 46.3 Å². The third-order valence-electron chi connectivity index (χ3n) is 8.73. The molecule has 0 saturated heterocycles. The second kappa shape index (κ2) is 13.0. The number of carboxylic acid groups (broad SMARTS) is 1. The predicted molar refractivity (Wildman–Crippen MR) is 171 cm³/mol. The van der Waals surface area contributed by atoms with Gasteiger partial charge in [0.1, 0.15) is 17.2 Å². The van der Waals surface area contributed by atoms with Gasteiger partial charge in [0.15, 0.2) is 5.78 Å². The maximum Gasteiger partial charge on any atom is 0.305 e. The second-order valence-corrected chi connectivity index (χ2v) is 11.6. The van der Waals surface area contributed by atoms with Crippen LogP contribution >= 0.6 is 0 Å². The number of amides is 1. The van der Waals surface area contributed by atoms with Crippen molar-refractivity contribution >= 4 is 34.3 Å². The Balaban J connectivity index is 1.64. The normalized spacial score (nSPS) is 14.4. The number of carboxylic acids is 1. The Labute approximate surface area is 257 Å². The van der Waals surface area contributed by atoms with Gasteiger partial charge in [0.05, 0.1) is 17.5 Å². The first-order valence-electron chi connectivity index (χ1n) is 15.5. The van der Waals surface area contributed by atoms with E-state index in [2.05, 4.69) is 24.1 Å². The van der Waals surface area contributed by atoms with Gasteiger partial charge in [-0.2, -0.15) is 0 Å². The number of nitrogens with one attached hydrogen (secondary N) is 1. The number of anilines is 1. The van der Waals surface area contributed by atoms with E-state index in [9.17, 15) is 23.9 Å². The Bertz CT molecular complexity index is 1680. The van der Waals surface area contributed by atoms with Crippen molar-refractivity contribution in [3.63, 3.8) is 0 Å². The molecule has 0 atom stereocenters. The number of fused-ring (bicyclic) bond motifs is 1. The minimum absolute atomic E-state index is 0.0889. The molecule has 0 unspecified atom stereocenters. The van der Waals surface area contributed by atoms with Gasteiger partial charge in [-0.15, -0.1) is 0 Å². The number of carbonyl (C=O) groups excluding carboxylic acids is 2. The molecule has 0 aliphatic heterocycles. The van der Waals surface area contributed by atoms with Crippen molar-refractivity contribution in [2.24, 2.45) is 0 Å². The van der Waals surface area contributed by atoms with Crippen molar-refractivity contribution in [3.05, 3.63) is 77.6 Å². The van der Waals surface area contributed by atoms with Gasteiger partial charge in [-0.25, -0.2) is 4.39 Å². The lowest BCUT2D eigenvalue weighted by Crippen LogP contribution is -2.51. The lowest BCUT2D eigenvalue weighted by molar-refractivity contribution is -0.139. The summed E-state index contributed by atoms with van der Waals surface area (Å²) in [4.78, 5) is 40.8. The molecule has 1 aliphatic carbocycles. The monoisotopic (exact) mass is 598 g/mol. The number of hydrogen-bond acceptors (Lipinski definition) is 5. The molecule has 5 rings (SSSR count). The molecular formula is C36H39FN2O5. The average molecular weight is 599 g/mol. The summed E-state index contributed by atoms with van der Waals surface area (Å²) in [5, 5.41) is 13.3. The molecule has 8 heteroatoms. The third kappa shape index (κ3) is 6.25. The fourth-order valence-electron chi connectivity index (χ4n) is 6.45. The van der Waals surface area contributed by atoms with Crippen LogP contribution in [0.5, 0.6) is 0 Å². The highest BCUT2D eigenvalue weighted by atomic mass is 19.1. The highest BCUT2D eigenvalue weighted by Crippen LogP contribution is 2.42. The van der Waals surface area contributed by atoms with E-state index in [1.807, 2.05) is 30.3 Å². The SMILES string of the molecule is CCC(=O)c1c(-c2ccc(F)cc2)oc2cc(N(CC)CC)c(-c3cccc(C(=O)NC4(CC(=O)O)CCCCC4)c3)cc12. The second-order valence-electron chi connectivity index (χ2n) is 11.6. The van der Waals surface area contributed by atoms with Crippen LogP contribution in [0.2, 0.25) is 0 Å². The van der Waals surface area contributed by atoms with E-state index in [1.165, 1.54) is 12.1 Å². The molecule has 230 valence electrons. The van der Waals surface area contributed by atoms with Gasteiger partial charge < -0.3 is 19.7 Å². The van der Waals surface area contributed by atoms with Crippen LogP contribution in [0.1, 0.15) is 86.4 Å². The number of Topliss-reactive ketones (excluding diaryl/α,β-unsaturated/α-hetero) is 1. The van der Waals surface area contributed by atoms with Gasteiger partial charge >= 0.3 is 5.97 Å². The van der Waals surface area contributed by atoms with Crippen LogP contribution in [0.15, 0.2) is 65.1 Å². The molecule has 44 heavy (non-hydrogen) atoms. The van der Waals surface area contributed by atoms with Crippen molar-refractivity contribution in [1.29, 1.82) is 0 Å². The summed E-state index contributed by atoms with van der Waals surface area (Å²) in [7, 11) is 0. The van der Waals surface area contributed by atoms with Crippen LogP contribution in [0, 0.1) is 5.82 Å². The van der Waals surface area contributed by atoms with Gasteiger partial charge in [-0.1, -0.05) is 38.3 Å². The number of furan rings is 1. The zero-order valence-corrected chi connectivity index (χ0v) is 25.5. The minimum atomic E-state index is -0.921. The Hall–Kier alpha value is -4.46. The number of carbonyl (C=O) groups is 3. The summed E-state index contributed by atoms with van der Waals surface area (Å²) >= 11 is 0. The first-order valence-corrected chi connectivity index (χ1v) is 15.5. The summed E-state index contributed by atoms with van der Waals surface area (Å²) < 4.78 is 20.1. The van der Waals surface area contributed by atoms with Crippen molar-refractivity contribution < 1.29 is 28.3 Å². The van der Waals surface area contributed by atoms with E-state index >= 15 is 0 Å². The van der Waals surface area contributed by atoms with Crippen LogP contribution in [-0.2, 0) is 4.79 Å². The zero-order chi connectivity index (χ0) is 31.4. The highest BCUT2D eigenvalue weighted by molar-refractivity contribution is 6.13. The van der Waals surface area contributed by atoms with Gasteiger partial charge in [0, 0.05) is 53.3 Å². The molecule has 1 aromatic heterocycles. The maximum absolute atomic E-state index is 13.7. The molecule has 1 amide bonds. The topological polar surface area (TPSA) is 99.9 Å². The highest BCUT2D eigenvalue weighted by Gasteiger charge is 2.36. The molecule has 0 spiro atoms. The fraction of sp³-hybridized carbons (Fsp3) is 0.361. The summed E-state index contributed by atoms with van der Waals surface area (Å²) in [6.45, 7) is 7.36. The molecule has 2 N–H and O–H groups in total. The van der Waals surface area contributed by atoms with Gasteiger partial charge in [0.2, 0.25) is 0 Å². The minimum Gasteiger partial charge on any atom is -0.481 e. The number of ketones is 1. The van der Waals surface area contributed by atoms with Crippen LogP contribution in [-0.4, -0.2) is 41.4 Å². The van der Waals surface area contributed by atoms with Crippen LogP contribution < -0.4 is 10.2 Å². The number of halogens is 1. The van der Waals surface area contributed by atoms with E-state index in [0.717, 1.165) is 49.2 Å². The number of benzene rings is 3. The van der Waals surface area contributed by atoms with Gasteiger partial charge in [-0.05, 0) is 74.7 Å². The van der Waals surface area contributed by atoms with Crippen LogP contribution in [0.25, 0.3) is 33.4 Å². The number of aliphatic carboxylic acids is 1. The molecule has 1 saturated carbocycles. The van der Waals surface area contributed by atoms with E-state index in [4.69, 9.17) is 4.42 Å². The lowest BCUT2D eigenvalue weighted by atomic mass is 9.79. The Morgan fingerprint density at radius 3 is 2.27 bits per heavy atom. The Kier molecular flexibility index (Phi) is 9.18. The smallest absolute Gasteiger partial charge is 0.305 e. The fourth-order valence-corrected chi connectivity index (χ4v) is 6.45. The van der Waals surface area contributed by atoms with Crippen molar-refractivity contribution in [2.45, 2.75) is 71.3 Å². The number of hydrogen-bond donors (Lipinski definition) is 2. The standard InChI is InChI=1S/C36H39FN2O5/c1-4-30(40)33-28-20-27(29(39(5-2)6-3)21-31(28)44-34(33)23-13-15-26(37)16-14-23)24-11-10-12-25(19-24)35(43)38-36(22-32(41)42)17-8-7-9-18-36/h10-16,19-21H,4-9,17-18,22H2,1-3H3,(H,38,43)(H,41,42). The van der Waals surface area contributed by atoms with E-state index in [1.54, 1.807) is 25.1 Å². The predicted octanol–water partition coefficient (Wildman–Crippen LogP) is 8.25. The van der Waals surface area contributed by atoms with E-state index in [-0.39, 0.29) is 30.3 Å². The summed E-state index contributed by atoms with van der Waals surface area (Å²) in [6.07, 6.45) is 4.23. The first-order chi connectivity index (χ1) is 21.2. The molecular weight excluding hydrogens is 559 g/mol. The maximum atomic E-state index is 13.7. The Morgan fingerprint density at radius 2 is 1.64 bits per heavy atom. The molecule has 7 nitrogen and oxygen atoms in total.